The summed E-state index contributed by atoms with van der Waals surface area (Å²) in [6.45, 7) is 2.07. The maximum Gasteiger partial charge on any atom is 0.335 e. The Kier molecular flexibility index (Phi) is 3.63. The van der Waals surface area contributed by atoms with Gasteiger partial charge in [-0.1, -0.05) is 25.1 Å². The van der Waals surface area contributed by atoms with Crippen LogP contribution in [0.1, 0.15) is 22.8 Å². The van der Waals surface area contributed by atoms with Gasteiger partial charge in [0.15, 0.2) is 0 Å². The molecule has 0 fully saturated rings. The molecule has 3 nitrogen and oxygen atoms in total. The molecule has 0 aromatic heterocycles. The van der Waals surface area contributed by atoms with Gasteiger partial charge in [0, 0.05) is 0 Å². The van der Waals surface area contributed by atoms with Crippen LogP contribution in [0.5, 0.6) is 11.5 Å². The molecule has 2 rings (SSSR count). The predicted octanol–water partition coefficient (Wildman–Crippen LogP) is 3.74. The number of hydrogen-bond donors (Lipinski definition) is 1. The van der Waals surface area contributed by atoms with Gasteiger partial charge in [-0.25, -0.2) is 4.79 Å². The second-order valence-electron chi connectivity index (χ2n) is 3.94. The molecule has 0 unspecified atom stereocenters. The molecule has 0 aliphatic heterocycles. The van der Waals surface area contributed by atoms with E-state index in [0.29, 0.717) is 5.75 Å². The van der Waals surface area contributed by atoms with E-state index in [4.69, 9.17) is 9.84 Å². The van der Waals surface area contributed by atoms with Crippen LogP contribution in [0.25, 0.3) is 0 Å². The number of benzene rings is 2. The molecule has 0 aliphatic rings. The standard InChI is InChI=1S/C15H14O3/c1-2-11-5-3-7-13(9-11)18-14-8-4-6-12(10-14)15(16)17/h3-10H,2H2,1H3,(H,16,17). The Morgan fingerprint density at radius 2 is 1.78 bits per heavy atom. The van der Waals surface area contributed by atoms with Crippen LogP contribution < -0.4 is 4.74 Å². The molecule has 92 valence electrons. The van der Waals surface area contributed by atoms with E-state index >= 15 is 0 Å². The lowest BCUT2D eigenvalue weighted by molar-refractivity contribution is 0.0696. The van der Waals surface area contributed by atoms with E-state index in [-0.39, 0.29) is 5.56 Å². The van der Waals surface area contributed by atoms with E-state index in [1.54, 1.807) is 12.1 Å². The van der Waals surface area contributed by atoms with Crippen molar-refractivity contribution in [2.75, 3.05) is 0 Å². The SMILES string of the molecule is CCc1cccc(Oc2cccc(C(=O)O)c2)c1. The first kappa shape index (κ1) is 12.2. The summed E-state index contributed by atoms with van der Waals surface area (Å²) in [7, 11) is 0. The first-order valence-electron chi connectivity index (χ1n) is 5.79. The average Bonchev–Trinajstić information content (AvgIpc) is 2.39. The third-order valence-corrected chi connectivity index (χ3v) is 2.62. The fourth-order valence-electron chi connectivity index (χ4n) is 1.66. The van der Waals surface area contributed by atoms with Gasteiger partial charge < -0.3 is 9.84 Å². The lowest BCUT2D eigenvalue weighted by atomic mass is 10.1. The molecule has 2 aromatic carbocycles. The number of aryl methyl sites for hydroxylation is 1. The van der Waals surface area contributed by atoms with Crippen molar-refractivity contribution in [1.82, 2.24) is 0 Å². The number of carbonyl (C=O) groups is 1. The molecule has 0 saturated heterocycles. The fraction of sp³-hybridized carbons (Fsp3) is 0.133. The van der Waals surface area contributed by atoms with Crippen molar-refractivity contribution in [1.29, 1.82) is 0 Å². The monoisotopic (exact) mass is 242 g/mol. The van der Waals surface area contributed by atoms with Crippen LogP contribution in [0.2, 0.25) is 0 Å². The van der Waals surface area contributed by atoms with Crippen LogP contribution in [0, 0.1) is 0 Å². The molecule has 0 saturated carbocycles. The van der Waals surface area contributed by atoms with Gasteiger partial charge in [0.05, 0.1) is 5.56 Å². The summed E-state index contributed by atoms with van der Waals surface area (Å²) in [5, 5.41) is 8.90. The Labute approximate surface area is 106 Å². The molecule has 3 heteroatoms. The Morgan fingerprint density at radius 1 is 1.11 bits per heavy atom. The van der Waals surface area contributed by atoms with Gasteiger partial charge in [0.25, 0.3) is 0 Å². The van der Waals surface area contributed by atoms with Crippen LogP contribution in [0.4, 0.5) is 0 Å². The number of carboxylic acids is 1. The molecule has 0 atom stereocenters. The van der Waals surface area contributed by atoms with Gasteiger partial charge in [0.2, 0.25) is 0 Å². The molecule has 1 N–H and O–H groups in total. The minimum absolute atomic E-state index is 0.221. The first-order chi connectivity index (χ1) is 8.69. The lowest BCUT2D eigenvalue weighted by Gasteiger charge is -2.07. The van der Waals surface area contributed by atoms with E-state index in [1.165, 1.54) is 17.7 Å². The molecule has 18 heavy (non-hydrogen) atoms. The minimum Gasteiger partial charge on any atom is -0.478 e. The second-order valence-corrected chi connectivity index (χ2v) is 3.94. The highest BCUT2D eigenvalue weighted by molar-refractivity contribution is 5.88. The normalized spacial score (nSPS) is 10.1. The van der Waals surface area contributed by atoms with Crippen LogP contribution in [0.15, 0.2) is 48.5 Å². The molecule has 0 bridgehead atoms. The van der Waals surface area contributed by atoms with Crippen LogP contribution in [-0.4, -0.2) is 11.1 Å². The van der Waals surface area contributed by atoms with Gasteiger partial charge >= 0.3 is 5.97 Å². The zero-order valence-electron chi connectivity index (χ0n) is 10.1. The van der Waals surface area contributed by atoms with Crippen molar-refractivity contribution in [2.24, 2.45) is 0 Å². The zero-order valence-corrected chi connectivity index (χ0v) is 10.1. The van der Waals surface area contributed by atoms with Crippen molar-refractivity contribution in [3.63, 3.8) is 0 Å². The topological polar surface area (TPSA) is 46.5 Å². The summed E-state index contributed by atoms with van der Waals surface area (Å²) in [5.74, 6) is 0.294. The molecule has 0 radical (unpaired) electrons. The third kappa shape index (κ3) is 2.88. The smallest absolute Gasteiger partial charge is 0.335 e. The minimum atomic E-state index is -0.956. The Hall–Kier alpha value is -2.29. The Bertz CT molecular complexity index is 561. The van der Waals surface area contributed by atoms with Gasteiger partial charge in [-0.3, -0.25) is 0 Å². The largest absolute Gasteiger partial charge is 0.478 e. The number of carboxylic acid groups (broad SMARTS) is 1. The van der Waals surface area contributed by atoms with E-state index in [1.807, 2.05) is 24.3 Å². The third-order valence-electron chi connectivity index (χ3n) is 2.62. The summed E-state index contributed by atoms with van der Waals surface area (Å²) in [6.07, 6.45) is 0.937. The zero-order chi connectivity index (χ0) is 13.0. The molecule has 0 heterocycles. The number of aromatic carboxylic acids is 1. The van der Waals surface area contributed by atoms with Gasteiger partial charge in [-0.05, 0) is 42.3 Å². The first-order valence-corrected chi connectivity index (χ1v) is 5.79. The lowest BCUT2D eigenvalue weighted by Crippen LogP contribution is -1.96. The summed E-state index contributed by atoms with van der Waals surface area (Å²) in [5.41, 5.74) is 1.40. The number of hydrogen-bond acceptors (Lipinski definition) is 2. The van der Waals surface area contributed by atoms with Crippen molar-refractivity contribution in [2.45, 2.75) is 13.3 Å². The molecular weight excluding hydrogens is 228 g/mol. The highest BCUT2D eigenvalue weighted by Gasteiger charge is 2.04. The Morgan fingerprint density at radius 3 is 2.44 bits per heavy atom. The molecule has 2 aromatic rings. The van der Waals surface area contributed by atoms with Crippen molar-refractivity contribution in [3.05, 3.63) is 59.7 Å². The molecular formula is C15H14O3. The molecule has 0 spiro atoms. The van der Waals surface area contributed by atoms with Crippen molar-refractivity contribution < 1.29 is 14.6 Å². The molecule has 0 amide bonds. The maximum atomic E-state index is 10.9. The fourth-order valence-corrected chi connectivity index (χ4v) is 1.66. The average molecular weight is 242 g/mol. The van der Waals surface area contributed by atoms with Crippen molar-refractivity contribution >= 4 is 5.97 Å². The van der Waals surface area contributed by atoms with Gasteiger partial charge in [-0.15, -0.1) is 0 Å². The predicted molar refractivity (Wildman–Crippen MR) is 69.3 cm³/mol. The van der Waals surface area contributed by atoms with E-state index in [2.05, 4.69) is 6.92 Å². The van der Waals surface area contributed by atoms with E-state index in [9.17, 15) is 4.79 Å². The van der Waals surface area contributed by atoms with Gasteiger partial charge in [-0.2, -0.15) is 0 Å². The highest BCUT2D eigenvalue weighted by Crippen LogP contribution is 2.23. The second kappa shape index (κ2) is 5.36. The number of ether oxygens (including phenoxy) is 1. The maximum absolute atomic E-state index is 10.9. The van der Waals surface area contributed by atoms with Crippen molar-refractivity contribution in [3.8, 4) is 11.5 Å². The Balaban J connectivity index is 2.22. The van der Waals surface area contributed by atoms with Crippen LogP contribution in [-0.2, 0) is 6.42 Å². The van der Waals surface area contributed by atoms with E-state index in [0.717, 1.165) is 12.2 Å². The van der Waals surface area contributed by atoms with Crippen LogP contribution in [0.3, 0.4) is 0 Å². The molecule has 0 aliphatic carbocycles. The van der Waals surface area contributed by atoms with Crippen LogP contribution >= 0.6 is 0 Å². The van der Waals surface area contributed by atoms with Gasteiger partial charge in [0.1, 0.15) is 11.5 Å². The number of rotatable bonds is 4. The summed E-state index contributed by atoms with van der Waals surface area (Å²) < 4.78 is 5.65. The highest BCUT2D eigenvalue weighted by atomic mass is 16.5. The summed E-state index contributed by atoms with van der Waals surface area (Å²) >= 11 is 0. The summed E-state index contributed by atoms with van der Waals surface area (Å²) in [6, 6.07) is 14.2. The summed E-state index contributed by atoms with van der Waals surface area (Å²) in [4.78, 5) is 10.9. The quantitative estimate of drug-likeness (QED) is 0.888. The van der Waals surface area contributed by atoms with E-state index < -0.39 is 5.97 Å².